The lowest BCUT2D eigenvalue weighted by molar-refractivity contribution is -0.119. The Morgan fingerprint density at radius 2 is 1.94 bits per heavy atom. The third kappa shape index (κ3) is 1.51. The van der Waals surface area contributed by atoms with Crippen LogP contribution in [0, 0.1) is 0 Å². The van der Waals surface area contributed by atoms with E-state index in [1.165, 1.54) is 6.92 Å². The molecule has 1 atom stereocenters. The topological polar surface area (TPSA) is 42.0 Å². The van der Waals surface area contributed by atoms with Crippen LogP contribution >= 0.6 is 0 Å². The first kappa shape index (κ1) is 10.0. The van der Waals surface area contributed by atoms with Crippen molar-refractivity contribution in [3.63, 3.8) is 0 Å². The average molecular weight is 224 g/mol. The van der Waals surface area contributed by atoms with Crippen molar-refractivity contribution in [2.75, 3.05) is 0 Å². The van der Waals surface area contributed by atoms with Gasteiger partial charge >= 0.3 is 0 Å². The van der Waals surface area contributed by atoms with Crippen molar-refractivity contribution < 1.29 is 4.79 Å². The van der Waals surface area contributed by atoms with Gasteiger partial charge in [0.2, 0.25) is 5.91 Å². The third-order valence-corrected chi connectivity index (χ3v) is 3.02. The molecule has 3 nitrogen and oxygen atoms in total. The van der Waals surface area contributed by atoms with E-state index >= 15 is 0 Å². The van der Waals surface area contributed by atoms with E-state index in [9.17, 15) is 4.79 Å². The molecule has 84 valence electrons. The summed E-state index contributed by atoms with van der Waals surface area (Å²) in [5.74, 6) is -0.0264. The minimum absolute atomic E-state index is 0.0264. The summed E-state index contributed by atoms with van der Waals surface area (Å²) in [6.07, 6.45) is 1.78. The molecule has 0 spiro atoms. The molecule has 2 aromatic rings. The molecule has 1 aromatic heterocycles. The van der Waals surface area contributed by atoms with Crippen LogP contribution < -0.4 is 5.32 Å². The quantitative estimate of drug-likeness (QED) is 0.807. The van der Waals surface area contributed by atoms with E-state index in [4.69, 9.17) is 0 Å². The normalized spacial score (nSPS) is 16.2. The molecule has 3 heteroatoms. The Kier molecular flexibility index (Phi) is 2.18. The van der Waals surface area contributed by atoms with E-state index in [1.807, 2.05) is 36.4 Å². The molecule has 1 N–H and O–H groups in total. The van der Waals surface area contributed by atoms with Crippen molar-refractivity contribution in [2.24, 2.45) is 0 Å². The number of hydrogen-bond donors (Lipinski definition) is 1. The molecule has 0 unspecified atom stereocenters. The predicted molar refractivity (Wildman–Crippen MR) is 65.3 cm³/mol. The monoisotopic (exact) mass is 224 g/mol. The van der Waals surface area contributed by atoms with Gasteiger partial charge in [0.15, 0.2) is 0 Å². The van der Waals surface area contributed by atoms with Gasteiger partial charge in [-0.1, -0.05) is 30.3 Å². The fourth-order valence-electron chi connectivity index (χ4n) is 2.37. The number of benzene rings is 1. The molecule has 0 fully saturated rings. The van der Waals surface area contributed by atoms with Crippen LogP contribution in [0.1, 0.15) is 24.1 Å². The van der Waals surface area contributed by atoms with Crippen LogP contribution in [0.4, 0.5) is 0 Å². The third-order valence-electron chi connectivity index (χ3n) is 3.02. The zero-order valence-corrected chi connectivity index (χ0v) is 9.47. The summed E-state index contributed by atoms with van der Waals surface area (Å²) in [4.78, 5) is 15.7. The molecule has 0 aliphatic heterocycles. The number of pyridine rings is 1. The zero-order valence-electron chi connectivity index (χ0n) is 9.47. The highest BCUT2D eigenvalue weighted by molar-refractivity contribution is 5.80. The fourth-order valence-corrected chi connectivity index (χ4v) is 2.37. The summed E-state index contributed by atoms with van der Waals surface area (Å²) in [6.45, 7) is 1.54. The minimum atomic E-state index is -0.0626. The van der Waals surface area contributed by atoms with Crippen molar-refractivity contribution in [1.82, 2.24) is 10.3 Å². The van der Waals surface area contributed by atoms with Gasteiger partial charge in [-0.15, -0.1) is 0 Å². The Labute approximate surface area is 99.5 Å². The Morgan fingerprint density at radius 1 is 1.18 bits per heavy atom. The van der Waals surface area contributed by atoms with E-state index in [-0.39, 0.29) is 11.9 Å². The van der Waals surface area contributed by atoms with Crippen LogP contribution in [-0.2, 0) is 4.79 Å². The van der Waals surface area contributed by atoms with Gasteiger partial charge in [-0.2, -0.15) is 0 Å². The number of amides is 1. The summed E-state index contributed by atoms with van der Waals surface area (Å²) in [7, 11) is 0. The standard InChI is InChI=1S/C14H12N2O/c1-9(17)16-14-11-6-3-2-5-10(11)13-12(14)7-4-8-15-13/h2-8,14H,1H3,(H,16,17)/t14-/m1/s1. The van der Waals surface area contributed by atoms with Crippen LogP contribution in [-0.4, -0.2) is 10.9 Å². The second-order valence-electron chi connectivity index (χ2n) is 4.16. The molecule has 0 saturated heterocycles. The predicted octanol–water partition coefficient (Wildman–Crippen LogP) is 2.29. The number of carbonyl (C=O) groups excluding carboxylic acids is 1. The van der Waals surface area contributed by atoms with E-state index in [2.05, 4.69) is 10.3 Å². The first-order valence-corrected chi connectivity index (χ1v) is 5.58. The number of fused-ring (bicyclic) bond motifs is 3. The lowest BCUT2D eigenvalue weighted by Gasteiger charge is -2.13. The van der Waals surface area contributed by atoms with Gasteiger partial charge in [-0.3, -0.25) is 9.78 Å². The van der Waals surface area contributed by atoms with Gasteiger partial charge in [0, 0.05) is 24.2 Å². The van der Waals surface area contributed by atoms with E-state index in [0.29, 0.717) is 0 Å². The van der Waals surface area contributed by atoms with Crippen molar-refractivity contribution in [3.05, 3.63) is 53.7 Å². The lowest BCUT2D eigenvalue weighted by atomic mass is 10.1. The molecule has 17 heavy (non-hydrogen) atoms. The lowest BCUT2D eigenvalue weighted by Crippen LogP contribution is -2.25. The van der Waals surface area contributed by atoms with Crippen LogP contribution in [0.2, 0.25) is 0 Å². The SMILES string of the molecule is CC(=O)N[C@@H]1c2ccccc2-c2ncccc21. The van der Waals surface area contributed by atoms with Crippen LogP contribution in [0.15, 0.2) is 42.6 Å². The highest BCUT2D eigenvalue weighted by Crippen LogP contribution is 2.41. The van der Waals surface area contributed by atoms with E-state index in [0.717, 1.165) is 22.4 Å². The van der Waals surface area contributed by atoms with Gasteiger partial charge in [-0.05, 0) is 11.6 Å². The second kappa shape index (κ2) is 3.70. The van der Waals surface area contributed by atoms with Crippen molar-refractivity contribution in [1.29, 1.82) is 0 Å². The Bertz CT molecular complexity index is 547. The molecular formula is C14H12N2O. The zero-order chi connectivity index (χ0) is 11.8. The van der Waals surface area contributed by atoms with Crippen LogP contribution in [0.25, 0.3) is 11.3 Å². The smallest absolute Gasteiger partial charge is 0.217 e. The molecule has 1 aromatic carbocycles. The molecular weight excluding hydrogens is 212 g/mol. The number of nitrogens with zero attached hydrogens (tertiary/aromatic N) is 1. The molecule has 1 amide bonds. The summed E-state index contributed by atoms with van der Waals surface area (Å²) in [5.41, 5.74) is 4.28. The van der Waals surface area contributed by atoms with Gasteiger partial charge in [0.05, 0.1) is 11.7 Å². The van der Waals surface area contributed by atoms with E-state index in [1.54, 1.807) is 6.20 Å². The maximum atomic E-state index is 11.3. The second-order valence-corrected chi connectivity index (χ2v) is 4.16. The molecule has 1 heterocycles. The number of nitrogens with one attached hydrogen (secondary N) is 1. The van der Waals surface area contributed by atoms with Gasteiger partial charge in [0.1, 0.15) is 0 Å². The molecule has 0 radical (unpaired) electrons. The first-order valence-electron chi connectivity index (χ1n) is 5.58. The summed E-state index contributed by atoms with van der Waals surface area (Å²) >= 11 is 0. The first-order chi connectivity index (χ1) is 8.27. The van der Waals surface area contributed by atoms with Gasteiger partial charge < -0.3 is 5.32 Å². The Hall–Kier alpha value is -2.16. The molecule has 1 aliphatic carbocycles. The maximum absolute atomic E-state index is 11.3. The number of hydrogen-bond acceptors (Lipinski definition) is 2. The molecule has 3 rings (SSSR count). The highest BCUT2D eigenvalue weighted by atomic mass is 16.1. The van der Waals surface area contributed by atoms with Crippen LogP contribution in [0.3, 0.4) is 0 Å². The number of aromatic nitrogens is 1. The Balaban J connectivity index is 2.20. The Morgan fingerprint density at radius 3 is 2.76 bits per heavy atom. The van der Waals surface area contributed by atoms with Crippen molar-refractivity contribution in [2.45, 2.75) is 13.0 Å². The summed E-state index contributed by atoms with van der Waals surface area (Å²) in [6, 6.07) is 11.9. The molecule has 0 bridgehead atoms. The number of carbonyl (C=O) groups is 1. The summed E-state index contributed by atoms with van der Waals surface area (Å²) < 4.78 is 0. The largest absolute Gasteiger partial charge is 0.345 e. The van der Waals surface area contributed by atoms with Gasteiger partial charge in [-0.25, -0.2) is 0 Å². The van der Waals surface area contributed by atoms with Crippen molar-refractivity contribution >= 4 is 5.91 Å². The molecule has 0 saturated carbocycles. The van der Waals surface area contributed by atoms with Crippen LogP contribution in [0.5, 0.6) is 0 Å². The number of rotatable bonds is 1. The highest BCUT2D eigenvalue weighted by Gasteiger charge is 2.29. The van der Waals surface area contributed by atoms with Gasteiger partial charge in [0.25, 0.3) is 0 Å². The minimum Gasteiger partial charge on any atom is -0.345 e. The van der Waals surface area contributed by atoms with E-state index < -0.39 is 0 Å². The van der Waals surface area contributed by atoms with Crippen molar-refractivity contribution in [3.8, 4) is 11.3 Å². The average Bonchev–Trinajstić information content (AvgIpc) is 2.65. The fraction of sp³-hybridized carbons (Fsp3) is 0.143. The maximum Gasteiger partial charge on any atom is 0.217 e. The molecule has 1 aliphatic rings. The summed E-state index contributed by atoms with van der Waals surface area (Å²) in [5, 5.41) is 2.98.